The molecule has 0 saturated carbocycles. The van der Waals surface area contributed by atoms with Crippen molar-refractivity contribution in [2.75, 3.05) is 24.5 Å². The lowest BCUT2D eigenvalue weighted by atomic mass is 10.1. The number of rotatable bonds is 7. The van der Waals surface area contributed by atoms with E-state index in [2.05, 4.69) is 10.6 Å². The molecule has 1 fully saturated rings. The fourth-order valence-corrected chi connectivity index (χ4v) is 2.72. The zero-order valence-electron chi connectivity index (χ0n) is 14.2. The minimum Gasteiger partial charge on any atom is -0.354 e. The van der Waals surface area contributed by atoms with Crippen LogP contribution in [-0.4, -0.2) is 37.4 Å². The molecule has 1 aromatic carbocycles. The first-order chi connectivity index (χ1) is 11.5. The normalized spacial score (nSPS) is 17.2. The van der Waals surface area contributed by atoms with Gasteiger partial charge in [0.2, 0.25) is 17.7 Å². The first-order valence-electron chi connectivity index (χ1n) is 8.37. The Hall–Kier alpha value is -2.37. The number of nitrogens with one attached hydrogen (secondary N) is 2. The third-order valence-corrected chi connectivity index (χ3v) is 3.90. The quantitative estimate of drug-likeness (QED) is 0.740. The zero-order chi connectivity index (χ0) is 17.5. The number of hydrogen-bond acceptors (Lipinski definition) is 3. The summed E-state index contributed by atoms with van der Waals surface area (Å²) in [5.41, 5.74) is 0.818. The molecule has 1 aliphatic heterocycles. The predicted octanol–water partition coefficient (Wildman–Crippen LogP) is 1.32. The Kier molecular flexibility index (Phi) is 6.35. The highest BCUT2D eigenvalue weighted by Crippen LogP contribution is 2.24. The van der Waals surface area contributed by atoms with Gasteiger partial charge in [-0.15, -0.1) is 0 Å². The number of para-hydroxylation sites is 1. The molecule has 1 heterocycles. The van der Waals surface area contributed by atoms with Crippen molar-refractivity contribution in [3.05, 3.63) is 30.3 Å². The van der Waals surface area contributed by atoms with E-state index in [1.54, 1.807) is 4.90 Å². The molecule has 1 atom stereocenters. The molecule has 1 saturated heterocycles. The average Bonchev–Trinajstić information content (AvgIpc) is 2.93. The first-order valence-corrected chi connectivity index (χ1v) is 8.37. The zero-order valence-corrected chi connectivity index (χ0v) is 14.2. The van der Waals surface area contributed by atoms with E-state index in [4.69, 9.17) is 0 Å². The minimum atomic E-state index is -0.343. The fraction of sp³-hybridized carbons (Fsp3) is 0.500. The van der Waals surface area contributed by atoms with Crippen LogP contribution >= 0.6 is 0 Å². The third kappa shape index (κ3) is 5.08. The molecule has 0 bridgehead atoms. The van der Waals surface area contributed by atoms with Gasteiger partial charge in [0.1, 0.15) is 0 Å². The molecular formula is C18H25N3O3. The largest absolute Gasteiger partial charge is 0.354 e. The Morgan fingerprint density at radius 2 is 1.83 bits per heavy atom. The van der Waals surface area contributed by atoms with E-state index < -0.39 is 0 Å². The summed E-state index contributed by atoms with van der Waals surface area (Å²) in [5.74, 6) is -0.214. The number of nitrogens with zero attached hydrogens (tertiary/aromatic N) is 1. The van der Waals surface area contributed by atoms with Crippen LogP contribution in [-0.2, 0) is 14.4 Å². The SMILES string of the molecule is CC(C)CC(=O)NCCNC(=O)[C@H]1CC(=O)N(c2ccccc2)C1. The van der Waals surface area contributed by atoms with Gasteiger partial charge >= 0.3 is 0 Å². The van der Waals surface area contributed by atoms with Gasteiger partial charge in [0.05, 0.1) is 5.92 Å². The first kappa shape index (κ1) is 18.0. The number of anilines is 1. The highest BCUT2D eigenvalue weighted by atomic mass is 16.2. The van der Waals surface area contributed by atoms with Crippen LogP contribution in [0.1, 0.15) is 26.7 Å². The number of benzene rings is 1. The van der Waals surface area contributed by atoms with Crippen molar-refractivity contribution >= 4 is 23.4 Å². The maximum absolute atomic E-state index is 12.2. The van der Waals surface area contributed by atoms with Crippen molar-refractivity contribution in [2.45, 2.75) is 26.7 Å². The van der Waals surface area contributed by atoms with Gasteiger partial charge in [-0.1, -0.05) is 32.0 Å². The Balaban J connectivity index is 1.74. The van der Waals surface area contributed by atoms with Gasteiger partial charge in [-0.25, -0.2) is 0 Å². The monoisotopic (exact) mass is 331 g/mol. The lowest BCUT2D eigenvalue weighted by molar-refractivity contribution is -0.126. The molecule has 0 aliphatic carbocycles. The van der Waals surface area contributed by atoms with E-state index >= 15 is 0 Å². The van der Waals surface area contributed by atoms with Crippen LogP contribution in [0.25, 0.3) is 0 Å². The molecule has 24 heavy (non-hydrogen) atoms. The summed E-state index contributed by atoms with van der Waals surface area (Å²) in [4.78, 5) is 37.5. The van der Waals surface area contributed by atoms with E-state index in [1.165, 1.54) is 0 Å². The van der Waals surface area contributed by atoms with Crippen molar-refractivity contribution in [1.29, 1.82) is 0 Å². The lowest BCUT2D eigenvalue weighted by Gasteiger charge is -2.16. The molecule has 0 unspecified atom stereocenters. The number of carbonyl (C=O) groups excluding carboxylic acids is 3. The summed E-state index contributed by atoms with van der Waals surface area (Å²) >= 11 is 0. The van der Waals surface area contributed by atoms with Crippen molar-refractivity contribution in [1.82, 2.24) is 10.6 Å². The average molecular weight is 331 g/mol. The van der Waals surface area contributed by atoms with Gasteiger partial charge in [0.25, 0.3) is 0 Å². The molecular weight excluding hydrogens is 306 g/mol. The van der Waals surface area contributed by atoms with Gasteiger partial charge < -0.3 is 15.5 Å². The minimum absolute atomic E-state index is 0.00875. The summed E-state index contributed by atoms with van der Waals surface area (Å²) in [6.45, 7) is 5.14. The molecule has 2 N–H and O–H groups in total. The standard InChI is InChI=1S/C18H25N3O3/c1-13(2)10-16(22)19-8-9-20-18(24)14-11-17(23)21(12-14)15-6-4-3-5-7-15/h3-7,13-14H,8-12H2,1-2H3,(H,19,22)(H,20,24)/t14-/m0/s1. The van der Waals surface area contributed by atoms with Crippen LogP contribution in [0.4, 0.5) is 5.69 Å². The van der Waals surface area contributed by atoms with Crippen LogP contribution < -0.4 is 15.5 Å². The summed E-state index contributed by atoms with van der Waals surface area (Å²) in [6, 6.07) is 9.36. The van der Waals surface area contributed by atoms with Crippen LogP contribution in [0.3, 0.4) is 0 Å². The van der Waals surface area contributed by atoms with E-state index in [9.17, 15) is 14.4 Å². The second-order valence-corrected chi connectivity index (χ2v) is 6.48. The van der Waals surface area contributed by atoms with Crippen molar-refractivity contribution in [3.63, 3.8) is 0 Å². The van der Waals surface area contributed by atoms with Gasteiger partial charge in [0.15, 0.2) is 0 Å². The molecule has 1 aliphatic rings. The van der Waals surface area contributed by atoms with Crippen molar-refractivity contribution < 1.29 is 14.4 Å². The maximum atomic E-state index is 12.2. The Labute approximate surface area is 142 Å². The molecule has 2 rings (SSSR count). The van der Waals surface area contributed by atoms with E-state index in [0.717, 1.165) is 5.69 Å². The third-order valence-electron chi connectivity index (χ3n) is 3.90. The fourth-order valence-electron chi connectivity index (χ4n) is 2.72. The van der Waals surface area contributed by atoms with E-state index in [1.807, 2.05) is 44.2 Å². The topological polar surface area (TPSA) is 78.5 Å². The van der Waals surface area contributed by atoms with Crippen molar-refractivity contribution in [3.8, 4) is 0 Å². The molecule has 0 aromatic heterocycles. The van der Waals surface area contributed by atoms with Crippen molar-refractivity contribution in [2.24, 2.45) is 11.8 Å². The van der Waals surface area contributed by atoms with Crippen LogP contribution in [0.2, 0.25) is 0 Å². The number of amides is 3. The van der Waals surface area contributed by atoms with E-state index in [-0.39, 0.29) is 30.1 Å². The maximum Gasteiger partial charge on any atom is 0.227 e. The van der Waals surface area contributed by atoms with Gasteiger partial charge in [0, 0.05) is 38.2 Å². The van der Waals surface area contributed by atoms with E-state index in [0.29, 0.717) is 32.0 Å². The number of carbonyl (C=O) groups is 3. The van der Waals surface area contributed by atoms with Gasteiger partial charge in [-0.3, -0.25) is 14.4 Å². The summed E-state index contributed by atoms with van der Waals surface area (Å²) < 4.78 is 0. The number of hydrogen-bond donors (Lipinski definition) is 2. The molecule has 6 heteroatoms. The van der Waals surface area contributed by atoms with Gasteiger partial charge in [-0.2, -0.15) is 0 Å². The summed E-state index contributed by atoms with van der Waals surface area (Å²) in [7, 11) is 0. The molecule has 3 amide bonds. The summed E-state index contributed by atoms with van der Waals surface area (Å²) in [5, 5.41) is 5.57. The van der Waals surface area contributed by atoms with Crippen LogP contribution in [0.15, 0.2) is 30.3 Å². The second kappa shape index (κ2) is 8.47. The molecule has 0 spiro atoms. The molecule has 0 radical (unpaired) electrons. The lowest BCUT2D eigenvalue weighted by Crippen LogP contribution is -2.38. The highest BCUT2D eigenvalue weighted by molar-refractivity contribution is 6.00. The highest BCUT2D eigenvalue weighted by Gasteiger charge is 2.34. The molecule has 130 valence electrons. The second-order valence-electron chi connectivity index (χ2n) is 6.48. The van der Waals surface area contributed by atoms with Gasteiger partial charge in [-0.05, 0) is 18.1 Å². The molecule has 6 nitrogen and oxygen atoms in total. The Morgan fingerprint density at radius 1 is 1.17 bits per heavy atom. The Bertz CT molecular complexity index is 586. The van der Waals surface area contributed by atoms with Crippen LogP contribution in [0, 0.1) is 11.8 Å². The van der Waals surface area contributed by atoms with Crippen LogP contribution in [0.5, 0.6) is 0 Å². The predicted molar refractivity (Wildman–Crippen MR) is 92.4 cm³/mol. The molecule has 1 aromatic rings. The Morgan fingerprint density at radius 3 is 2.50 bits per heavy atom. The smallest absolute Gasteiger partial charge is 0.227 e. The summed E-state index contributed by atoms with van der Waals surface area (Å²) in [6.07, 6.45) is 0.706.